The van der Waals surface area contributed by atoms with Crippen molar-refractivity contribution in [3.63, 3.8) is 0 Å². The van der Waals surface area contributed by atoms with Crippen molar-refractivity contribution in [3.8, 4) is 0 Å². The predicted molar refractivity (Wildman–Crippen MR) is 177 cm³/mol. The minimum atomic E-state index is -3.78. The van der Waals surface area contributed by atoms with Crippen molar-refractivity contribution < 1.29 is 25.7 Å². The molecule has 0 amide bonds. The molecule has 6 aromatic carbocycles. The average molecular weight is 777 g/mol. The minimum absolute atomic E-state index is 0.242. The first kappa shape index (κ1) is 29.5. The van der Waals surface area contributed by atoms with Gasteiger partial charge in [0.1, 0.15) is 0 Å². The molecule has 0 unspecified atom stereocenters. The van der Waals surface area contributed by atoms with E-state index in [1.165, 1.54) is 0 Å². The quantitative estimate of drug-likeness (QED) is 0.157. The van der Waals surface area contributed by atoms with Gasteiger partial charge >= 0.3 is 33.1 Å². The number of fused-ring (bicyclic) bond motifs is 3. The molecule has 0 atom stereocenters. The number of carbonyl (C=O) groups excluding carboxylic acids is 3. The van der Waals surface area contributed by atoms with E-state index in [-0.39, 0.29) is 16.7 Å². The topological polar surface area (TPSA) is 78.9 Å². The number of rotatable bonds is 6. The molecule has 43 heavy (non-hydrogen) atoms. The van der Waals surface area contributed by atoms with E-state index in [0.717, 1.165) is 29.6 Å². The molecule has 0 fully saturated rings. The van der Waals surface area contributed by atoms with Crippen LogP contribution in [-0.4, -0.2) is 33.1 Å². The third-order valence-corrected chi connectivity index (χ3v) is 9.50. The van der Waals surface area contributed by atoms with Crippen LogP contribution in [0.15, 0.2) is 123 Å². The monoisotopic (exact) mass is 774 g/mol. The number of hydrogen-bond acceptors (Lipinski definition) is 6. The standard InChI is InChI=1S/3C11H7BrO2.Al/c3*12-8-5-4-7-2-1-3-9(11(13)14)10(7)6-8;/h3*1-6H,(H,13,14);/q;;;+3/p-3. The molecule has 0 radical (unpaired) electrons. The zero-order valence-corrected chi connectivity index (χ0v) is 28.0. The van der Waals surface area contributed by atoms with Crippen molar-refractivity contribution in [2.24, 2.45) is 0 Å². The molecule has 6 rings (SSSR count). The summed E-state index contributed by atoms with van der Waals surface area (Å²) in [5.41, 5.74) is 0.727. The summed E-state index contributed by atoms with van der Waals surface area (Å²) in [6.45, 7) is 0. The molecule has 0 aliphatic carbocycles. The molecule has 0 aliphatic heterocycles. The Kier molecular flexibility index (Phi) is 8.66. The zero-order valence-electron chi connectivity index (χ0n) is 22.1. The van der Waals surface area contributed by atoms with Crippen LogP contribution in [0.5, 0.6) is 0 Å². The molecule has 6 aromatic rings. The Balaban J connectivity index is 1.36. The van der Waals surface area contributed by atoms with E-state index >= 15 is 0 Å². The van der Waals surface area contributed by atoms with E-state index in [1.807, 2.05) is 54.6 Å². The van der Waals surface area contributed by atoms with Crippen LogP contribution < -0.4 is 0 Å². The minimum Gasteiger partial charge on any atom is -0.547 e. The second-order valence-electron chi connectivity index (χ2n) is 9.52. The molecule has 0 heterocycles. The van der Waals surface area contributed by atoms with E-state index in [0.29, 0.717) is 16.2 Å². The molecule has 0 saturated heterocycles. The van der Waals surface area contributed by atoms with Crippen molar-refractivity contribution in [1.29, 1.82) is 0 Å². The number of halogens is 3. The first-order valence-electron chi connectivity index (χ1n) is 12.9. The lowest BCUT2D eigenvalue weighted by Crippen LogP contribution is -2.35. The van der Waals surface area contributed by atoms with Gasteiger partial charge in [0.2, 0.25) is 0 Å². The highest BCUT2D eigenvalue weighted by molar-refractivity contribution is 9.11. The summed E-state index contributed by atoms with van der Waals surface area (Å²) in [4.78, 5) is 40.6. The second kappa shape index (κ2) is 12.6. The van der Waals surface area contributed by atoms with E-state index in [4.69, 9.17) is 11.4 Å². The molecule has 0 aromatic heterocycles. The molecule has 10 heteroatoms. The van der Waals surface area contributed by atoms with E-state index in [9.17, 15) is 14.4 Å². The molecule has 0 spiro atoms. The van der Waals surface area contributed by atoms with Crippen LogP contribution in [0.4, 0.5) is 0 Å². The maximum Gasteiger partial charge on any atom is 1.20 e. The molecular formula is C33H18AlBr3O6. The zero-order chi connectivity index (χ0) is 30.1. The highest BCUT2D eigenvalue weighted by atomic mass is 79.9. The van der Waals surface area contributed by atoms with Gasteiger partial charge in [-0.2, -0.15) is 0 Å². The van der Waals surface area contributed by atoms with Crippen LogP contribution in [0, 0.1) is 0 Å². The van der Waals surface area contributed by atoms with Gasteiger partial charge in [-0.1, -0.05) is 102 Å². The first-order chi connectivity index (χ1) is 20.8. The summed E-state index contributed by atoms with van der Waals surface area (Å²) < 4.78 is 19.5. The normalized spacial score (nSPS) is 11.0. The van der Waals surface area contributed by atoms with Crippen molar-refractivity contribution >= 4 is 113 Å². The van der Waals surface area contributed by atoms with Gasteiger partial charge < -0.3 is 11.4 Å². The van der Waals surface area contributed by atoms with Crippen molar-refractivity contribution in [2.75, 3.05) is 0 Å². The van der Waals surface area contributed by atoms with Gasteiger partial charge in [-0.15, -0.1) is 0 Å². The molecular weight excluding hydrogens is 759 g/mol. The van der Waals surface area contributed by atoms with E-state index < -0.39 is 33.1 Å². The third kappa shape index (κ3) is 6.40. The summed E-state index contributed by atoms with van der Waals surface area (Å²) >= 11 is 6.55. The van der Waals surface area contributed by atoms with Crippen LogP contribution >= 0.6 is 47.8 Å². The molecule has 0 saturated carbocycles. The summed E-state index contributed by atoms with van der Waals surface area (Å²) in [5, 5.41) is 4.33. The van der Waals surface area contributed by atoms with Gasteiger partial charge in [-0.25, -0.2) is 14.4 Å². The van der Waals surface area contributed by atoms with Gasteiger partial charge in [0.15, 0.2) is 0 Å². The highest BCUT2D eigenvalue weighted by Gasteiger charge is 2.50. The van der Waals surface area contributed by atoms with Crippen molar-refractivity contribution in [3.05, 3.63) is 139 Å². The Morgan fingerprint density at radius 1 is 0.442 bits per heavy atom. The number of carbonyl (C=O) groups is 3. The van der Waals surface area contributed by atoms with Crippen molar-refractivity contribution in [1.82, 2.24) is 0 Å². The van der Waals surface area contributed by atoms with Gasteiger partial charge in [0.25, 0.3) is 0 Å². The largest absolute Gasteiger partial charge is 1.20 e. The molecule has 0 bridgehead atoms. The lowest BCUT2D eigenvalue weighted by Gasteiger charge is -2.16. The predicted octanol–water partition coefficient (Wildman–Crippen LogP) is 9.29. The maximum absolute atomic E-state index is 13.5. The Hall–Kier alpha value is -3.52. The summed E-state index contributed by atoms with van der Waals surface area (Å²) in [5.74, 6) is -2.33. The Bertz CT molecular complexity index is 1840. The molecule has 0 N–H and O–H groups in total. The molecule has 0 aliphatic rings. The van der Waals surface area contributed by atoms with Crippen LogP contribution in [0.3, 0.4) is 0 Å². The Labute approximate surface area is 276 Å². The van der Waals surface area contributed by atoms with Crippen LogP contribution in [-0.2, 0) is 11.4 Å². The SMILES string of the molecule is O=C([O][Al]([O]C(=O)c1cccc2ccc(Br)cc12)[O]C(=O)c1cccc2ccc(Br)cc12)c1cccc2ccc(Br)cc12. The molecule has 6 nitrogen and oxygen atoms in total. The van der Waals surface area contributed by atoms with Crippen LogP contribution in [0.2, 0.25) is 0 Å². The van der Waals surface area contributed by atoms with Crippen molar-refractivity contribution in [2.45, 2.75) is 0 Å². The maximum atomic E-state index is 13.5. The van der Waals surface area contributed by atoms with Crippen LogP contribution in [0.1, 0.15) is 31.1 Å². The second-order valence-corrected chi connectivity index (χ2v) is 13.5. The number of benzene rings is 6. The lowest BCUT2D eigenvalue weighted by molar-refractivity contribution is 0.0413. The highest BCUT2D eigenvalue weighted by Crippen LogP contribution is 2.27. The van der Waals surface area contributed by atoms with Gasteiger partial charge in [0, 0.05) is 13.4 Å². The Morgan fingerprint density at radius 3 is 1.05 bits per heavy atom. The fraction of sp³-hybridized carbons (Fsp3) is 0. The first-order valence-corrected chi connectivity index (χ1v) is 16.7. The Morgan fingerprint density at radius 2 is 0.744 bits per heavy atom. The summed E-state index contributed by atoms with van der Waals surface area (Å²) in [7, 11) is 0. The van der Waals surface area contributed by atoms with Gasteiger partial charge in [0.05, 0.1) is 16.7 Å². The van der Waals surface area contributed by atoms with Gasteiger partial charge in [-0.05, 0) is 86.9 Å². The smallest absolute Gasteiger partial charge is 0.547 e. The summed E-state index contributed by atoms with van der Waals surface area (Å²) in [6.07, 6.45) is 0. The third-order valence-electron chi connectivity index (χ3n) is 6.80. The average Bonchev–Trinajstić information content (AvgIpc) is 2.99. The summed E-state index contributed by atoms with van der Waals surface area (Å²) in [6, 6.07) is 32.2. The van der Waals surface area contributed by atoms with Crippen LogP contribution in [0.25, 0.3) is 32.3 Å². The molecule has 210 valence electrons. The van der Waals surface area contributed by atoms with E-state index in [1.54, 1.807) is 54.6 Å². The fourth-order valence-corrected chi connectivity index (χ4v) is 6.93. The fourth-order valence-electron chi connectivity index (χ4n) is 4.79. The van der Waals surface area contributed by atoms with Gasteiger partial charge in [-0.3, -0.25) is 0 Å². The van der Waals surface area contributed by atoms with E-state index in [2.05, 4.69) is 47.8 Å². The lowest BCUT2D eigenvalue weighted by atomic mass is 10.1. The number of hydrogen-bond donors (Lipinski definition) is 0.